The first kappa shape index (κ1) is 11.6. The number of thioether (sulfide) groups is 1. The topological polar surface area (TPSA) is 52.3 Å². The maximum atomic E-state index is 10.9. The van der Waals surface area contributed by atoms with Crippen molar-refractivity contribution in [2.45, 2.75) is 5.25 Å². The molecular formula is C9H13NO2S2. The van der Waals surface area contributed by atoms with Crippen molar-refractivity contribution < 1.29 is 9.53 Å². The maximum absolute atomic E-state index is 10.9. The first-order valence-corrected chi connectivity index (χ1v) is 6.12. The summed E-state index contributed by atoms with van der Waals surface area (Å²) in [6.07, 6.45) is 0. The third-order valence-corrected chi connectivity index (χ3v) is 4.09. The highest BCUT2D eigenvalue weighted by molar-refractivity contribution is 8.00. The van der Waals surface area contributed by atoms with E-state index in [9.17, 15) is 4.79 Å². The van der Waals surface area contributed by atoms with E-state index in [4.69, 9.17) is 5.73 Å². The zero-order valence-electron chi connectivity index (χ0n) is 7.93. The summed E-state index contributed by atoms with van der Waals surface area (Å²) in [5.41, 5.74) is 5.63. The number of thiophene rings is 1. The lowest BCUT2D eigenvalue weighted by molar-refractivity contribution is -0.137. The Hall–Kier alpha value is -0.520. The highest BCUT2D eigenvalue weighted by Crippen LogP contribution is 2.30. The van der Waals surface area contributed by atoms with Crippen LogP contribution in [-0.2, 0) is 9.53 Å². The van der Waals surface area contributed by atoms with Crippen LogP contribution in [0, 0.1) is 0 Å². The molecule has 2 N–H and O–H groups in total. The Morgan fingerprint density at radius 1 is 1.79 bits per heavy atom. The van der Waals surface area contributed by atoms with Gasteiger partial charge in [0.05, 0.1) is 18.1 Å². The van der Waals surface area contributed by atoms with Gasteiger partial charge in [-0.1, -0.05) is 6.07 Å². The fraction of sp³-hybridized carbons (Fsp3) is 0.444. The van der Waals surface area contributed by atoms with Crippen LogP contribution in [0.5, 0.6) is 0 Å². The second-order valence-corrected chi connectivity index (χ2v) is 4.80. The summed E-state index contributed by atoms with van der Waals surface area (Å²) in [5, 5.41) is 2.21. The van der Waals surface area contributed by atoms with Gasteiger partial charge in [-0.25, -0.2) is 0 Å². The van der Waals surface area contributed by atoms with Gasteiger partial charge in [0.25, 0.3) is 0 Å². The minimum Gasteiger partial charge on any atom is -0.468 e. The molecule has 5 heteroatoms. The van der Waals surface area contributed by atoms with Crippen LogP contribution in [0.2, 0.25) is 0 Å². The van der Waals surface area contributed by atoms with Crippen molar-refractivity contribution in [1.29, 1.82) is 0 Å². The van der Waals surface area contributed by atoms with E-state index in [1.807, 2.05) is 17.5 Å². The molecule has 14 heavy (non-hydrogen) atoms. The third kappa shape index (κ3) is 3.32. The Labute approximate surface area is 91.6 Å². The van der Waals surface area contributed by atoms with Gasteiger partial charge in [0.15, 0.2) is 0 Å². The number of carbonyl (C=O) groups excluding carboxylic acids is 1. The molecule has 0 radical (unpaired) electrons. The van der Waals surface area contributed by atoms with Crippen molar-refractivity contribution in [1.82, 2.24) is 0 Å². The molecule has 0 aliphatic heterocycles. The van der Waals surface area contributed by atoms with Crippen LogP contribution in [0.4, 0.5) is 0 Å². The molecular weight excluding hydrogens is 218 g/mol. The van der Waals surface area contributed by atoms with Gasteiger partial charge >= 0.3 is 5.97 Å². The zero-order chi connectivity index (χ0) is 10.4. The van der Waals surface area contributed by atoms with Crippen molar-refractivity contribution in [3.05, 3.63) is 22.4 Å². The lowest BCUT2D eigenvalue weighted by atomic mass is 10.3. The Bertz CT molecular complexity index is 274. The van der Waals surface area contributed by atoms with Crippen LogP contribution < -0.4 is 5.73 Å². The molecule has 0 fully saturated rings. The molecule has 1 atom stereocenters. The van der Waals surface area contributed by atoms with Gasteiger partial charge in [-0.3, -0.25) is 4.79 Å². The quantitative estimate of drug-likeness (QED) is 0.783. The highest BCUT2D eigenvalue weighted by Gasteiger charge is 2.13. The van der Waals surface area contributed by atoms with E-state index in [0.29, 0.717) is 12.3 Å². The molecule has 1 heterocycles. The number of hydrogen-bond donors (Lipinski definition) is 1. The average Bonchev–Trinajstić information content (AvgIpc) is 2.72. The molecule has 0 aliphatic rings. The third-order valence-electron chi connectivity index (χ3n) is 1.70. The maximum Gasteiger partial charge on any atom is 0.315 e. The monoisotopic (exact) mass is 231 g/mol. The first-order chi connectivity index (χ1) is 6.77. The molecule has 0 saturated heterocycles. The van der Waals surface area contributed by atoms with Crippen LogP contribution in [-0.4, -0.2) is 25.4 Å². The van der Waals surface area contributed by atoms with Gasteiger partial charge in [-0.2, -0.15) is 0 Å². The molecule has 78 valence electrons. The summed E-state index contributed by atoms with van der Waals surface area (Å²) in [7, 11) is 1.39. The van der Waals surface area contributed by atoms with Crippen LogP contribution in [0.1, 0.15) is 10.1 Å². The van der Waals surface area contributed by atoms with Crippen LogP contribution >= 0.6 is 23.1 Å². The number of methoxy groups -OCH3 is 1. The van der Waals surface area contributed by atoms with Crippen LogP contribution in [0.3, 0.4) is 0 Å². The fourth-order valence-electron chi connectivity index (χ4n) is 0.968. The van der Waals surface area contributed by atoms with Crippen molar-refractivity contribution >= 4 is 29.1 Å². The lowest BCUT2D eigenvalue weighted by Crippen LogP contribution is -2.12. The van der Waals surface area contributed by atoms with Crippen LogP contribution in [0.25, 0.3) is 0 Å². The Balaban J connectivity index is 2.44. The molecule has 0 spiro atoms. The number of hydrogen-bond acceptors (Lipinski definition) is 5. The minimum atomic E-state index is -0.204. The van der Waals surface area contributed by atoms with Crippen molar-refractivity contribution in [2.75, 3.05) is 19.4 Å². The SMILES string of the molecule is COC(=O)CSC(CN)c1cccs1. The molecule has 0 saturated carbocycles. The van der Waals surface area contributed by atoms with Gasteiger partial charge in [-0.05, 0) is 11.4 Å². The molecule has 1 rings (SSSR count). The predicted molar refractivity (Wildman–Crippen MR) is 60.6 cm³/mol. The summed E-state index contributed by atoms with van der Waals surface area (Å²) >= 11 is 3.18. The lowest BCUT2D eigenvalue weighted by Gasteiger charge is -2.11. The molecule has 0 bridgehead atoms. The Morgan fingerprint density at radius 2 is 2.57 bits per heavy atom. The Morgan fingerprint density at radius 3 is 3.07 bits per heavy atom. The van der Waals surface area contributed by atoms with Crippen molar-refractivity contribution in [3.63, 3.8) is 0 Å². The summed E-state index contributed by atoms with van der Waals surface area (Å²) in [5.74, 6) is 0.154. The van der Waals surface area contributed by atoms with Crippen molar-refractivity contribution in [2.24, 2.45) is 5.73 Å². The molecule has 1 unspecified atom stereocenters. The summed E-state index contributed by atoms with van der Waals surface area (Å²) in [6, 6.07) is 4.02. The summed E-state index contributed by atoms with van der Waals surface area (Å²) < 4.78 is 4.57. The van der Waals surface area contributed by atoms with Gasteiger partial charge in [0.2, 0.25) is 0 Å². The van der Waals surface area contributed by atoms with E-state index in [0.717, 1.165) is 0 Å². The summed E-state index contributed by atoms with van der Waals surface area (Å²) in [6.45, 7) is 0.544. The molecule has 0 aliphatic carbocycles. The number of carbonyl (C=O) groups is 1. The van der Waals surface area contributed by atoms with Crippen molar-refractivity contribution in [3.8, 4) is 0 Å². The van der Waals surface area contributed by atoms with E-state index in [1.165, 1.54) is 23.7 Å². The number of esters is 1. The Kier molecular flexibility index (Phi) is 5.00. The molecule has 0 aromatic carbocycles. The second-order valence-electron chi connectivity index (χ2n) is 2.63. The van der Waals surface area contributed by atoms with Gasteiger partial charge in [0, 0.05) is 11.4 Å². The fourth-order valence-corrected chi connectivity index (χ4v) is 2.89. The first-order valence-electron chi connectivity index (χ1n) is 4.19. The smallest absolute Gasteiger partial charge is 0.315 e. The van der Waals surface area contributed by atoms with Gasteiger partial charge in [0.1, 0.15) is 0 Å². The van der Waals surface area contributed by atoms with E-state index in [1.54, 1.807) is 11.3 Å². The van der Waals surface area contributed by atoms with E-state index in [-0.39, 0.29) is 11.2 Å². The summed E-state index contributed by atoms with van der Waals surface area (Å²) in [4.78, 5) is 12.1. The van der Waals surface area contributed by atoms with E-state index < -0.39 is 0 Å². The average molecular weight is 231 g/mol. The highest BCUT2D eigenvalue weighted by atomic mass is 32.2. The molecule has 1 aromatic rings. The van der Waals surface area contributed by atoms with Crippen LogP contribution in [0.15, 0.2) is 17.5 Å². The van der Waals surface area contributed by atoms with Gasteiger partial charge in [-0.15, -0.1) is 23.1 Å². The number of ether oxygens (including phenoxy) is 1. The van der Waals surface area contributed by atoms with E-state index >= 15 is 0 Å². The number of rotatable bonds is 5. The molecule has 0 amide bonds. The second kappa shape index (κ2) is 6.06. The standard InChI is InChI=1S/C9H13NO2S2/c1-12-9(11)6-14-8(5-10)7-3-2-4-13-7/h2-4,8H,5-6,10H2,1H3. The molecule has 3 nitrogen and oxygen atoms in total. The zero-order valence-corrected chi connectivity index (χ0v) is 9.57. The normalized spacial score (nSPS) is 12.4. The number of nitrogens with two attached hydrogens (primary N) is 1. The minimum absolute atomic E-state index is 0.203. The van der Waals surface area contributed by atoms with Gasteiger partial charge < -0.3 is 10.5 Å². The van der Waals surface area contributed by atoms with E-state index in [2.05, 4.69) is 4.74 Å². The molecule has 1 aromatic heterocycles. The predicted octanol–water partition coefficient (Wildman–Crippen LogP) is 1.65. The largest absolute Gasteiger partial charge is 0.468 e.